The third-order valence-corrected chi connectivity index (χ3v) is 4.09. The highest BCUT2D eigenvalue weighted by molar-refractivity contribution is 5.71. The Hall–Kier alpha value is -2.81. The molecule has 0 spiro atoms. The molecule has 4 rings (SSSR count). The van der Waals surface area contributed by atoms with Crippen LogP contribution in [0.4, 0.5) is 11.4 Å². The molecule has 0 radical (unpaired) electrons. The number of anilines is 2. The number of pyridine rings is 1. The van der Waals surface area contributed by atoms with Crippen LogP contribution >= 0.6 is 0 Å². The SMILES string of the molecule is c1ccc([C@H]2Nc3cnccc3N[C@H]2c2ccccc2)cc1. The smallest absolute Gasteiger partial charge is 0.0768 e. The van der Waals surface area contributed by atoms with Crippen molar-refractivity contribution in [3.8, 4) is 0 Å². The van der Waals surface area contributed by atoms with Crippen molar-refractivity contribution in [3.63, 3.8) is 0 Å². The summed E-state index contributed by atoms with van der Waals surface area (Å²) in [7, 11) is 0. The molecule has 2 aromatic carbocycles. The van der Waals surface area contributed by atoms with E-state index in [1.807, 2.05) is 24.5 Å². The van der Waals surface area contributed by atoms with Gasteiger partial charge in [0.25, 0.3) is 0 Å². The lowest BCUT2D eigenvalue weighted by atomic mass is 9.91. The van der Waals surface area contributed by atoms with Gasteiger partial charge in [0.05, 0.1) is 29.7 Å². The van der Waals surface area contributed by atoms with Crippen molar-refractivity contribution in [1.29, 1.82) is 0 Å². The normalized spacial score (nSPS) is 19.6. The Labute approximate surface area is 130 Å². The Balaban J connectivity index is 1.79. The minimum Gasteiger partial charge on any atom is -0.374 e. The predicted molar refractivity (Wildman–Crippen MR) is 89.8 cm³/mol. The van der Waals surface area contributed by atoms with Crippen molar-refractivity contribution in [2.45, 2.75) is 12.1 Å². The molecule has 0 amide bonds. The van der Waals surface area contributed by atoms with Crippen LogP contribution in [0.15, 0.2) is 79.1 Å². The van der Waals surface area contributed by atoms with Gasteiger partial charge >= 0.3 is 0 Å². The molecule has 3 nitrogen and oxygen atoms in total. The Morgan fingerprint density at radius 2 is 1.18 bits per heavy atom. The Bertz CT molecular complexity index is 689. The molecule has 0 saturated heterocycles. The minimum atomic E-state index is 0.167. The minimum absolute atomic E-state index is 0.167. The van der Waals surface area contributed by atoms with E-state index in [2.05, 4.69) is 70.2 Å². The van der Waals surface area contributed by atoms with Crippen molar-refractivity contribution >= 4 is 11.4 Å². The van der Waals surface area contributed by atoms with Crippen LogP contribution in [0, 0.1) is 0 Å². The van der Waals surface area contributed by atoms with Gasteiger partial charge in [-0.25, -0.2) is 0 Å². The molecule has 2 heterocycles. The van der Waals surface area contributed by atoms with Gasteiger partial charge < -0.3 is 10.6 Å². The zero-order valence-electron chi connectivity index (χ0n) is 12.1. The number of nitrogens with zero attached hydrogens (tertiary/aromatic N) is 1. The first-order valence-electron chi connectivity index (χ1n) is 7.49. The fourth-order valence-corrected chi connectivity index (χ4v) is 3.01. The van der Waals surface area contributed by atoms with E-state index in [-0.39, 0.29) is 12.1 Å². The highest BCUT2D eigenvalue weighted by Gasteiger charge is 2.29. The van der Waals surface area contributed by atoms with Gasteiger partial charge in [0.15, 0.2) is 0 Å². The number of hydrogen-bond donors (Lipinski definition) is 2. The second kappa shape index (κ2) is 5.53. The van der Waals surface area contributed by atoms with E-state index < -0.39 is 0 Å². The first-order valence-corrected chi connectivity index (χ1v) is 7.49. The van der Waals surface area contributed by atoms with E-state index in [1.54, 1.807) is 0 Å². The van der Waals surface area contributed by atoms with Crippen LogP contribution in [0.25, 0.3) is 0 Å². The van der Waals surface area contributed by atoms with Crippen LogP contribution in [0.2, 0.25) is 0 Å². The lowest BCUT2D eigenvalue weighted by molar-refractivity contribution is 0.635. The fraction of sp³-hybridized carbons (Fsp3) is 0.105. The molecule has 1 aliphatic heterocycles. The van der Waals surface area contributed by atoms with Crippen LogP contribution < -0.4 is 10.6 Å². The Morgan fingerprint density at radius 3 is 1.77 bits per heavy atom. The Morgan fingerprint density at radius 1 is 0.636 bits per heavy atom. The lowest BCUT2D eigenvalue weighted by Crippen LogP contribution is -2.30. The molecular weight excluding hydrogens is 270 g/mol. The van der Waals surface area contributed by atoms with Crippen LogP contribution in [0.1, 0.15) is 23.2 Å². The molecule has 1 aliphatic rings. The molecule has 0 saturated carbocycles. The summed E-state index contributed by atoms with van der Waals surface area (Å²) in [5.74, 6) is 0. The summed E-state index contributed by atoms with van der Waals surface area (Å²) in [5, 5.41) is 7.30. The zero-order valence-corrected chi connectivity index (χ0v) is 12.1. The molecule has 0 unspecified atom stereocenters. The molecule has 0 aliphatic carbocycles. The second-order valence-electron chi connectivity index (χ2n) is 5.49. The number of fused-ring (bicyclic) bond motifs is 1. The van der Waals surface area contributed by atoms with Crippen LogP contribution in [-0.2, 0) is 0 Å². The summed E-state index contributed by atoms with van der Waals surface area (Å²) in [4.78, 5) is 4.22. The van der Waals surface area contributed by atoms with Gasteiger partial charge in [-0.2, -0.15) is 0 Å². The predicted octanol–water partition coefficient (Wildman–Crippen LogP) is 4.40. The van der Waals surface area contributed by atoms with E-state index in [0.717, 1.165) is 11.4 Å². The van der Waals surface area contributed by atoms with Crippen molar-refractivity contribution < 1.29 is 0 Å². The Kier molecular flexibility index (Phi) is 3.24. The lowest BCUT2D eigenvalue weighted by Gasteiger charge is -2.36. The van der Waals surface area contributed by atoms with Gasteiger partial charge in [-0.3, -0.25) is 4.98 Å². The third-order valence-electron chi connectivity index (χ3n) is 4.09. The van der Waals surface area contributed by atoms with Crippen molar-refractivity contribution in [2.24, 2.45) is 0 Å². The van der Waals surface area contributed by atoms with Gasteiger partial charge in [-0.1, -0.05) is 60.7 Å². The maximum Gasteiger partial charge on any atom is 0.0768 e. The van der Waals surface area contributed by atoms with Crippen LogP contribution in [-0.4, -0.2) is 4.98 Å². The van der Waals surface area contributed by atoms with E-state index >= 15 is 0 Å². The summed E-state index contributed by atoms with van der Waals surface area (Å²) >= 11 is 0. The highest BCUT2D eigenvalue weighted by Crippen LogP contribution is 2.41. The molecule has 22 heavy (non-hydrogen) atoms. The summed E-state index contributed by atoms with van der Waals surface area (Å²) in [5.41, 5.74) is 4.67. The topological polar surface area (TPSA) is 37.0 Å². The zero-order chi connectivity index (χ0) is 14.8. The van der Waals surface area contributed by atoms with E-state index in [4.69, 9.17) is 0 Å². The number of aromatic nitrogens is 1. The maximum atomic E-state index is 4.22. The van der Waals surface area contributed by atoms with Gasteiger partial charge in [0, 0.05) is 6.20 Å². The standard InChI is InChI=1S/C19H17N3/c1-3-7-14(8-4-1)18-19(15-9-5-2-6-10-15)22-17-13-20-12-11-16(17)21-18/h1-13,18-19,21-22H/t18-,19+/m0/s1. The molecule has 0 bridgehead atoms. The number of benzene rings is 2. The second-order valence-corrected chi connectivity index (χ2v) is 5.49. The average Bonchev–Trinajstić information content (AvgIpc) is 2.62. The highest BCUT2D eigenvalue weighted by atomic mass is 15.1. The van der Waals surface area contributed by atoms with E-state index in [1.165, 1.54) is 11.1 Å². The molecule has 2 atom stereocenters. The molecule has 3 aromatic rings. The van der Waals surface area contributed by atoms with Crippen molar-refractivity contribution in [1.82, 2.24) is 4.98 Å². The monoisotopic (exact) mass is 287 g/mol. The summed E-state index contributed by atoms with van der Waals surface area (Å²) in [6, 6.07) is 23.5. The molecular formula is C19H17N3. The summed E-state index contributed by atoms with van der Waals surface area (Å²) < 4.78 is 0. The van der Waals surface area contributed by atoms with E-state index in [0.29, 0.717) is 0 Å². The van der Waals surface area contributed by atoms with Gasteiger partial charge in [0.2, 0.25) is 0 Å². The first-order chi connectivity index (χ1) is 10.9. The number of nitrogens with one attached hydrogen (secondary N) is 2. The number of rotatable bonds is 2. The van der Waals surface area contributed by atoms with Gasteiger partial charge in [-0.15, -0.1) is 0 Å². The molecule has 2 N–H and O–H groups in total. The fourth-order valence-electron chi connectivity index (χ4n) is 3.01. The number of hydrogen-bond acceptors (Lipinski definition) is 3. The van der Waals surface area contributed by atoms with Gasteiger partial charge in [0.1, 0.15) is 0 Å². The third kappa shape index (κ3) is 2.31. The maximum absolute atomic E-state index is 4.22. The van der Waals surface area contributed by atoms with Crippen molar-refractivity contribution in [3.05, 3.63) is 90.3 Å². The van der Waals surface area contributed by atoms with E-state index in [9.17, 15) is 0 Å². The van der Waals surface area contributed by atoms with Crippen molar-refractivity contribution in [2.75, 3.05) is 10.6 Å². The molecule has 3 heteroatoms. The average molecular weight is 287 g/mol. The van der Waals surface area contributed by atoms with Gasteiger partial charge in [-0.05, 0) is 17.2 Å². The molecule has 0 fully saturated rings. The van der Waals surface area contributed by atoms with Crippen LogP contribution in [0.3, 0.4) is 0 Å². The summed E-state index contributed by atoms with van der Waals surface area (Å²) in [6.07, 6.45) is 3.69. The quantitative estimate of drug-likeness (QED) is 0.733. The largest absolute Gasteiger partial charge is 0.374 e. The summed E-state index contributed by atoms with van der Waals surface area (Å²) in [6.45, 7) is 0. The van der Waals surface area contributed by atoms with Crippen LogP contribution in [0.5, 0.6) is 0 Å². The molecule has 108 valence electrons. The molecule has 1 aromatic heterocycles. The first kappa shape index (κ1) is 12.9.